The van der Waals surface area contributed by atoms with Crippen molar-refractivity contribution in [3.63, 3.8) is 0 Å². The molecule has 0 spiro atoms. The largest absolute Gasteiger partial charge is 0.444 e. The van der Waals surface area contributed by atoms with Gasteiger partial charge in [0.15, 0.2) is 5.16 Å². The fraction of sp³-hybridized carbons (Fsp3) is 0.476. The lowest BCUT2D eigenvalue weighted by Gasteiger charge is -2.28. The van der Waals surface area contributed by atoms with E-state index < -0.39 is 0 Å². The summed E-state index contributed by atoms with van der Waals surface area (Å²) in [6, 6.07) is 6.11. The van der Waals surface area contributed by atoms with E-state index in [1.54, 1.807) is 30.2 Å². The summed E-state index contributed by atoms with van der Waals surface area (Å²) >= 11 is 1.57. The summed E-state index contributed by atoms with van der Waals surface area (Å²) in [5.74, 6) is 1.66. The van der Waals surface area contributed by atoms with Gasteiger partial charge in [-0.2, -0.15) is 0 Å². The van der Waals surface area contributed by atoms with Gasteiger partial charge in [-0.1, -0.05) is 11.8 Å². The minimum atomic E-state index is -0.285. The van der Waals surface area contributed by atoms with Crippen molar-refractivity contribution in [2.45, 2.75) is 36.4 Å². The van der Waals surface area contributed by atoms with Crippen LogP contribution in [0.25, 0.3) is 11.5 Å². The van der Waals surface area contributed by atoms with E-state index in [1.165, 1.54) is 12.1 Å². The van der Waals surface area contributed by atoms with Gasteiger partial charge in [-0.05, 0) is 37.1 Å². The highest BCUT2D eigenvalue weighted by Gasteiger charge is 2.25. The average Bonchev–Trinajstić information content (AvgIpc) is 3.56. The molecule has 1 atom stereocenters. The zero-order valence-corrected chi connectivity index (χ0v) is 17.9. The van der Waals surface area contributed by atoms with Gasteiger partial charge in [0.05, 0.1) is 31.6 Å². The van der Waals surface area contributed by atoms with Crippen LogP contribution in [0.2, 0.25) is 0 Å². The Bertz CT molecular complexity index is 997. The second-order valence-corrected chi connectivity index (χ2v) is 8.51. The number of rotatable bonds is 7. The molecular formula is C21H24FN5O3S. The summed E-state index contributed by atoms with van der Waals surface area (Å²) in [6.45, 7) is 4.55. The lowest BCUT2D eigenvalue weighted by atomic mass is 10.2. The SMILES string of the molecule is Fc1ccc(-c2nc(CSc3nnc(N4CCOCC4)n3CC3CCCO3)co2)cc1. The van der Waals surface area contributed by atoms with Crippen LogP contribution in [-0.4, -0.2) is 58.8 Å². The van der Waals surface area contributed by atoms with E-state index in [2.05, 4.69) is 24.6 Å². The van der Waals surface area contributed by atoms with Gasteiger partial charge in [-0.3, -0.25) is 4.57 Å². The summed E-state index contributed by atoms with van der Waals surface area (Å²) in [5, 5.41) is 9.78. The first-order valence-electron chi connectivity index (χ1n) is 10.5. The third-order valence-corrected chi connectivity index (χ3v) is 6.39. The maximum atomic E-state index is 13.1. The molecule has 2 aliphatic heterocycles. The molecule has 2 saturated heterocycles. The monoisotopic (exact) mass is 445 g/mol. The van der Waals surface area contributed by atoms with Gasteiger partial charge in [0.1, 0.15) is 12.1 Å². The minimum absolute atomic E-state index is 0.187. The molecule has 0 aliphatic carbocycles. The van der Waals surface area contributed by atoms with E-state index in [1.807, 2.05) is 0 Å². The smallest absolute Gasteiger partial charge is 0.228 e. The van der Waals surface area contributed by atoms with Crippen molar-refractivity contribution < 1.29 is 18.3 Å². The quantitative estimate of drug-likeness (QED) is 0.512. The van der Waals surface area contributed by atoms with Crippen LogP contribution in [0.15, 0.2) is 40.1 Å². The molecule has 10 heteroatoms. The number of hydrogen-bond acceptors (Lipinski definition) is 8. The Labute approximate surface area is 183 Å². The fourth-order valence-electron chi connectivity index (χ4n) is 3.77. The average molecular weight is 446 g/mol. The third-order valence-electron chi connectivity index (χ3n) is 5.39. The van der Waals surface area contributed by atoms with Gasteiger partial charge in [0.25, 0.3) is 0 Å². The molecule has 0 amide bonds. The molecule has 2 aliphatic rings. The number of benzene rings is 1. The molecular weight excluding hydrogens is 421 g/mol. The molecule has 2 fully saturated rings. The molecule has 0 radical (unpaired) electrons. The lowest BCUT2D eigenvalue weighted by molar-refractivity contribution is 0.0942. The van der Waals surface area contributed by atoms with E-state index in [0.717, 1.165) is 61.4 Å². The zero-order valence-electron chi connectivity index (χ0n) is 17.1. The number of nitrogens with zero attached hydrogens (tertiary/aromatic N) is 5. The standard InChI is InChI=1S/C21H24FN5O3S/c22-16-5-3-15(4-6-16)19-23-17(13-30-19)14-31-21-25-24-20(26-7-10-28-11-8-26)27(21)12-18-2-1-9-29-18/h3-6,13,18H,1-2,7-12,14H2. The Kier molecular flexibility index (Phi) is 6.19. The fourth-order valence-corrected chi connectivity index (χ4v) is 4.59. The number of aromatic nitrogens is 4. The molecule has 0 bridgehead atoms. The summed E-state index contributed by atoms with van der Waals surface area (Å²) < 4.78 is 32.2. The zero-order chi connectivity index (χ0) is 21.0. The van der Waals surface area contributed by atoms with Crippen LogP contribution < -0.4 is 4.90 Å². The lowest BCUT2D eigenvalue weighted by Crippen LogP contribution is -2.38. The number of ether oxygens (including phenoxy) is 2. The van der Waals surface area contributed by atoms with Crippen molar-refractivity contribution in [1.82, 2.24) is 19.7 Å². The van der Waals surface area contributed by atoms with E-state index in [4.69, 9.17) is 13.9 Å². The molecule has 1 aromatic carbocycles. The van der Waals surface area contributed by atoms with Gasteiger partial charge in [-0.25, -0.2) is 9.37 Å². The maximum absolute atomic E-state index is 13.1. The summed E-state index contributed by atoms with van der Waals surface area (Å²) in [6.07, 6.45) is 3.96. The van der Waals surface area contributed by atoms with Gasteiger partial charge in [0, 0.05) is 31.0 Å². The Morgan fingerprint density at radius 2 is 1.94 bits per heavy atom. The molecule has 0 saturated carbocycles. The van der Waals surface area contributed by atoms with Gasteiger partial charge in [0.2, 0.25) is 11.8 Å². The predicted molar refractivity (Wildman–Crippen MR) is 113 cm³/mol. The van der Waals surface area contributed by atoms with E-state index >= 15 is 0 Å². The summed E-state index contributed by atoms with van der Waals surface area (Å²) in [4.78, 5) is 6.76. The molecule has 164 valence electrons. The second-order valence-electron chi connectivity index (χ2n) is 7.57. The first-order chi connectivity index (χ1) is 15.3. The Morgan fingerprint density at radius 3 is 2.71 bits per heavy atom. The van der Waals surface area contributed by atoms with Crippen LogP contribution in [0.4, 0.5) is 10.3 Å². The summed E-state index contributed by atoms with van der Waals surface area (Å²) in [5.41, 5.74) is 1.54. The van der Waals surface area contributed by atoms with Gasteiger partial charge >= 0.3 is 0 Å². The van der Waals surface area contributed by atoms with Crippen LogP contribution in [-0.2, 0) is 21.8 Å². The molecule has 31 heavy (non-hydrogen) atoms. The highest BCUT2D eigenvalue weighted by Crippen LogP contribution is 2.28. The molecule has 5 rings (SSSR count). The van der Waals surface area contributed by atoms with E-state index in [0.29, 0.717) is 24.9 Å². The van der Waals surface area contributed by atoms with E-state index in [9.17, 15) is 4.39 Å². The number of morpholine rings is 1. The van der Waals surface area contributed by atoms with Crippen LogP contribution in [0, 0.1) is 5.82 Å². The molecule has 3 aromatic rings. The summed E-state index contributed by atoms with van der Waals surface area (Å²) in [7, 11) is 0. The number of thioether (sulfide) groups is 1. The molecule has 0 N–H and O–H groups in total. The first-order valence-corrected chi connectivity index (χ1v) is 11.5. The third kappa shape index (κ3) is 4.76. The van der Waals surface area contributed by atoms with Crippen LogP contribution in [0.5, 0.6) is 0 Å². The van der Waals surface area contributed by atoms with Crippen molar-refractivity contribution in [3.05, 3.63) is 42.0 Å². The second kappa shape index (κ2) is 9.37. The first kappa shape index (κ1) is 20.5. The van der Waals surface area contributed by atoms with E-state index in [-0.39, 0.29) is 11.9 Å². The van der Waals surface area contributed by atoms with Crippen molar-refractivity contribution >= 4 is 17.7 Å². The number of hydrogen-bond donors (Lipinski definition) is 0. The highest BCUT2D eigenvalue weighted by atomic mass is 32.2. The Morgan fingerprint density at radius 1 is 1.10 bits per heavy atom. The van der Waals surface area contributed by atoms with Crippen LogP contribution in [0.1, 0.15) is 18.5 Å². The van der Waals surface area contributed by atoms with Gasteiger partial charge < -0.3 is 18.8 Å². The van der Waals surface area contributed by atoms with Crippen molar-refractivity contribution in [3.8, 4) is 11.5 Å². The Balaban J connectivity index is 1.31. The van der Waals surface area contributed by atoms with Gasteiger partial charge in [-0.15, -0.1) is 10.2 Å². The Hall–Kier alpha value is -2.43. The maximum Gasteiger partial charge on any atom is 0.228 e. The minimum Gasteiger partial charge on any atom is -0.444 e. The molecule has 4 heterocycles. The predicted octanol–water partition coefficient (Wildman–Crippen LogP) is 3.38. The van der Waals surface area contributed by atoms with Crippen molar-refractivity contribution in [2.24, 2.45) is 0 Å². The van der Waals surface area contributed by atoms with Crippen LogP contribution in [0.3, 0.4) is 0 Å². The molecule has 1 unspecified atom stereocenters. The molecule has 8 nitrogen and oxygen atoms in total. The number of oxazole rings is 1. The van der Waals surface area contributed by atoms with Crippen molar-refractivity contribution in [2.75, 3.05) is 37.8 Å². The topological polar surface area (TPSA) is 78.4 Å². The molecule has 2 aromatic heterocycles. The highest BCUT2D eigenvalue weighted by molar-refractivity contribution is 7.98. The number of halogens is 1. The normalized spacial score (nSPS) is 19.3. The number of anilines is 1. The van der Waals surface area contributed by atoms with Crippen molar-refractivity contribution in [1.29, 1.82) is 0 Å². The van der Waals surface area contributed by atoms with Crippen LogP contribution >= 0.6 is 11.8 Å².